The summed E-state index contributed by atoms with van der Waals surface area (Å²) in [7, 11) is 0. The number of phenols is 1. The van der Waals surface area contributed by atoms with E-state index in [1.807, 2.05) is 12.1 Å². The molecular formula is C22H26ClN3O5. The lowest BCUT2D eigenvalue weighted by atomic mass is 9.87. The monoisotopic (exact) mass is 447 g/mol. The molecule has 0 bridgehead atoms. The number of ether oxygens (including phenoxy) is 2. The highest BCUT2D eigenvalue weighted by Crippen LogP contribution is 2.44. The summed E-state index contributed by atoms with van der Waals surface area (Å²) in [5, 5.41) is 18.4. The van der Waals surface area contributed by atoms with Gasteiger partial charge >= 0.3 is 12.2 Å². The van der Waals surface area contributed by atoms with E-state index in [1.165, 1.54) is 0 Å². The molecule has 2 aromatic carbocycles. The molecule has 2 amide bonds. The SMILES string of the molecule is CCNC(=O)Oc1cc2c(c(Cl)c1OC(=O)NCC)CCNC[C@H]2c1ccc(O)cc1. The van der Waals surface area contributed by atoms with Gasteiger partial charge in [-0.05, 0) is 61.7 Å². The van der Waals surface area contributed by atoms with Crippen LogP contribution in [0, 0.1) is 0 Å². The predicted octanol–water partition coefficient (Wildman–Crippen LogP) is 3.54. The number of halogens is 1. The Morgan fingerprint density at radius 2 is 1.77 bits per heavy atom. The summed E-state index contributed by atoms with van der Waals surface area (Å²) in [6.07, 6.45) is -0.755. The van der Waals surface area contributed by atoms with E-state index < -0.39 is 12.2 Å². The number of aromatic hydroxyl groups is 1. The Morgan fingerprint density at radius 1 is 1.13 bits per heavy atom. The number of nitrogens with one attached hydrogen (secondary N) is 3. The molecular weight excluding hydrogens is 422 g/mol. The fourth-order valence-corrected chi connectivity index (χ4v) is 3.86. The third-order valence-corrected chi connectivity index (χ3v) is 5.33. The highest BCUT2D eigenvalue weighted by atomic mass is 35.5. The number of rotatable bonds is 5. The van der Waals surface area contributed by atoms with E-state index in [9.17, 15) is 14.7 Å². The zero-order valence-corrected chi connectivity index (χ0v) is 18.2. The number of carbonyl (C=O) groups excluding carboxylic acids is 2. The van der Waals surface area contributed by atoms with E-state index in [-0.39, 0.29) is 28.2 Å². The molecule has 0 radical (unpaired) electrons. The average molecular weight is 448 g/mol. The van der Waals surface area contributed by atoms with Gasteiger partial charge in [0.2, 0.25) is 0 Å². The van der Waals surface area contributed by atoms with Crippen molar-refractivity contribution in [2.75, 3.05) is 26.2 Å². The zero-order chi connectivity index (χ0) is 22.4. The van der Waals surface area contributed by atoms with E-state index in [1.54, 1.807) is 32.0 Å². The highest BCUT2D eigenvalue weighted by molar-refractivity contribution is 6.33. The van der Waals surface area contributed by atoms with Crippen molar-refractivity contribution in [3.63, 3.8) is 0 Å². The summed E-state index contributed by atoms with van der Waals surface area (Å²) in [6.45, 7) is 5.60. The molecule has 1 aliphatic rings. The minimum absolute atomic E-state index is 0.00368. The molecule has 0 aliphatic carbocycles. The minimum Gasteiger partial charge on any atom is -0.508 e. The van der Waals surface area contributed by atoms with Crippen molar-refractivity contribution in [1.82, 2.24) is 16.0 Å². The van der Waals surface area contributed by atoms with Gasteiger partial charge in [-0.25, -0.2) is 9.59 Å². The fraction of sp³-hybridized carbons (Fsp3) is 0.364. The Labute approximate surface area is 185 Å². The summed E-state index contributed by atoms with van der Waals surface area (Å²) in [5.41, 5.74) is 2.64. The molecule has 3 rings (SSSR count). The lowest BCUT2D eigenvalue weighted by molar-refractivity contribution is 0.190. The molecule has 1 heterocycles. The van der Waals surface area contributed by atoms with E-state index >= 15 is 0 Å². The maximum absolute atomic E-state index is 12.1. The quantitative estimate of drug-likeness (QED) is 0.558. The van der Waals surface area contributed by atoms with Gasteiger partial charge in [-0.15, -0.1) is 0 Å². The van der Waals surface area contributed by atoms with Crippen LogP contribution in [0.4, 0.5) is 9.59 Å². The number of fused-ring (bicyclic) bond motifs is 1. The second-order valence-corrected chi connectivity index (χ2v) is 7.40. The standard InChI is InChI=1S/C22H26ClN3O5/c1-3-25-21(28)30-18-11-16-15(19(23)20(18)31-22(29)26-4-2)9-10-24-12-17(16)13-5-7-14(27)8-6-13/h5-8,11,17,24,27H,3-4,9-10,12H2,1-2H3,(H,25,28)(H,26,29)/t17-/m0/s1. The van der Waals surface area contributed by atoms with E-state index in [4.69, 9.17) is 21.1 Å². The van der Waals surface area contributed by atoms with Crippen LogP contribution in [-0.4, -0.2) is 43.5 Å². The summed E-state index contributed by atoms with van der Waals surface area (Å²) in [6, 6.07) is 8.64. The van der Waals surface area contributed by atoms with Crippen molar-refractivity contribution in [1.29, 1.82) is 0 Å². The maximum Gasteiger partial charge on any atom is 0.412 e. The fourth-order valence-electron chi connectivity index (χ4n) is 3.53. The molecule has 1 aliphatic heterocycles. The van der Waals surface area contributed by atoms with Crippen LogP contribution in [0.2, 0.25) is 5.02 Å². The Kier molecular flexibility index (Phi) is 7.59. The summed E-state index contributed by atoms with van der Waals surface area (Å²) < 4.78 is 10.9. The predicted molar refractivity (Wildman–Crippen MR) is 117 cm³/mol. The second-order valence-electron chi connectivity index (χ2n) is 7.02. The van der Waals surface area contributed by atoms with Gasteiger partial charge in [0.15, 0.2) is 11.5 Å². The number of carbonyl (C=O) groups is 2. The summed E-state index contributed by atoms with van der Waals surface area (Å²) in [5.74, 6) is 0.135. The van der Waals surface area contributed by atoms with Crippen molar-refractivity contribution >= 4 is 23.8 Å². The molecule has 0 spiro atoms. The number of amides is 2. The molecule has 2 aromatic rings. The third kappa shape index (κ3) is 5.39. The van der Waals surface area contributed by atoms with Crippen LogP contribution in [0.5, 0.6) is 17.2 Å². The maximum atomic E-state index is 12.1. The average Bonchev–Trinajstić information content (AvgIpc) is 2.94. The van der Waals surface area contributed by atoms with Gasteiger partial charge in [0.05, 0.1) is 5.02 Å². The molecule has 1 atom stereocenters. The van der Waals surface area contributed by atoms with Crippen LogP contribution < -0.4 is 25.4 Å². The van der Waals surface area contributed by atoms with Crippen molar-refractivity contribution in [2.24, 2.45) is 0 Å². The van der Waals surface area contributed by atoms with Gasteiger partial charge in [0, 0.05) is 25.6 Å². The normalized spacial score (nSPS) is 15.4. The molecule has 8 nitrogen and oxygen atoms in total. The summed E-state index contributed by atoms with van der Waals surface area (Å²) >= 11 is 6.70. The van der Waals surface area contributed by atoms with Crippen LogP contribution in [0.1, 0.15) is 36.5 Å². The Balaban J connectivity index is 2.11. The smallest absolute Gasteiger partial charge is 0.412 e. The molecule has 0 saturated heterocycles. The van der Waals surface area contributed by atoms with Crippen LogP contribution in [0.3, 0.4) is 0 Å². The van der Waals surface area contributed by atoms with Crippen LogP contribution >= 0.6 is 11.6 Å². The van der Waals surface area contributed by atoms with E-state index in [0.29, 0.717) is 32.6 Å². The van der Waals surface area contributed by atoms with Crippen molar-refractivity contribution in [3.8, 4) is 17.2 Å². The topological polar surface area (TPSA) is 109 Å². The first kappa shape index (κ1) is 22.7. The Bertz CT molecular complexity index is 949. The zero-order valence-electron chi connectivity index (χ0n) is 17.5. The van der Waals surface area contributed by atoms with Gasteiger partial charge in [-0.2, -0.15) is 0 Å². The molecule has 0 unspecified atom stereocenters. The van der Waals surface area contributed by atoms with Crippen LogP contribution in [0.15, 0.2) is 30.3 Å². The van der Waals surface area contributed by atoms with Crippen molar-refractivity contribution in [3.05, 3.63) is 52.0 Å². The van der Waals surface area contributed by atoms with Crippen LogP contribution in [-0.2, 0) is 6.42 Å². The van der Waals surface area contributed by atoms with Gasteiger partial charge in [0.25, 0.3) is 0 Å². The summed E-state index contributed by atoms with van der Waals surface area (Å²) in [4.78, 5) is 24.2. The Morgan fingerprint density at radius 3 is 2.42 bits per heavy atom. The lowest BCUT2D eigenvalue weighted by Crippen LogP contribution is -2.29. The minimum atomic E-state index is -0.688. The van der Waals surface area contributed by atoms with Crippen molar-refractivity contribution < 1.29 is 24.2 Å². The highest BCUT2D eigenvalue weighted by Gasteiger charge is 2.28. The molecule has 166 valence electrons. The van der Waals surface area contributed by atoms with Crippen LogP contribution in [0.25, 0.3) is 0 Å². The Hall–Kier alpha value is -2.97. The largest absolute Gasteiger partial charge is 0.508 e. The molecule has 4 N–H and O–H groups in total. The number of hydrogen-bond acceptors (Lipinski definition) is 6. The second kappa shape index (κ2) is 10.4. The van der Waals surface area contributed by atoms with E-state index in [2.05, 4.69) is 16.0 Å². The van der Waals surface area contributed by atoms with Gasteiger partial charge < -0.3 is 30.5 Å². The molecule has 31 heavy (non-hydrogen) atoms. The molecule has 0 aromatic heterocycles. The number of benzene rings is 2. The van der Waals surface area contributed by atoms with E-state index in [0.717, 1.165) is 16.7 Å². The number of hydrogen-bond donors (Lipinski definition) is 4. The number of phenolic OH excluding ortho intramolecular Hbond substituents is 1. The van der Waals surface area contributed by atoms with Gasteiger partial charge in [0.1, 0.15) is 5.75 Å². The lowest BCUT2D eigenvalue weighted by Gasteiger charge is -2.22. The molecule has 0 fully saturated rings. The van der Waals surface area contributed by atoms with Gasteiger partial charge in [-0.3, -0.25) is 0 Å². The first-order valence-electron chi connectivity index (χ1n) is 10.2. The molecule has 0 saturated carbocycles. The first-order chi connectivity index (χ1) is 14.9. The third-order valence-electron chi connectivity index (χ3n) is 4.93. The molecule has 9 heteroatoms. The van der Waals surface area contributed by atoms with Gasteiger partial charge in [-0.1, -0.05) is 23.7 Å². The van der Waals surface area contributed by atoms with Crippen molar-refractivity contribution in [2.45, 2.75) is 26.2 Å². The first-order valence-corrected chi connectivity index (χ1v) is 10.6.